The molecule has 0 saturated carbocycles. The third kappa shape index (κ3) is 1.04. The molecule has 0 atom stereocenters. The van der Waals surface area contributed by atoms with Gasteiger partial charge in [0.25, 0.3) is 0 Å². The molecule has 3 heteroatoms. The number of rotatable bonds is 0. The van der Waals surface area contributed by atoms with Gasteiger partial charge in [-0.1, -0.05) is 0 Å². The van der Waals surface area contributed by atoms with E-state index in [9.17, 15) is 0 Å². The third-order valence-electron chi connectivity index (χ3n) is 0.557. The van der Waals surface area contributed by atoms with E-state index in [4.69, 9.17) is 4.74 Å². The summed E-state index contributed by atoms with van der Waals surface area (Å²) >= 11 is 9.20. The van der Waals surface area contributed by atoms with Crippen LogP contribution < -0.4 is 0 Å². The van der Waals surface area contributed by atoms with Gasteiger partial charge in [-0.2, -0.15) is 0 Å². The Hall–Kier alpha value is -0.280. The molecule has 0 radical (unpaired) electrons. The summed E-state index contributed by atoms with van der Waals surface area (Å²) in [6.07, 6.45) is 3.33. The summed E-state index contributed by atoms with van der Waals surface area (Å²) in [5, 5.41) is 0.926. The first-order valence-corrected chi connectivity index (χ1v) is 2.54. The summed E-state index contributed by atoms with van der Waals surface area (Å²) in [7, 11) is 0. The van der Waals surface area contributed by atoms with Gasteiger partial charge in [-0.05, 0) is 36.6 Å². The lowest BCUT2D eigenvalue weighted by atomic mass is 10.6. The zero-order chi connectivity index (χ0) is 5.28. The highest BCUT2D eigenvalue weighted by atomic mass is 32.1. The molecular weight excluding hydrogens is 128 g/mol. The quantitative estimate of drug-likeness (QED) is 0.456. The summed E-state index contributed by atoms with van der Waals surface area (Å²) in [5.74, 6) is 0. The van der Waals surface area contributed by atoms with E-state index in [1.54, 1.807) is 12.2 Å². The molecule has 0 unspecified atom stereocenters. The lowest BCUT2D eigenvalue weighted by molar-refractivity contribution is 0.594. The van der Waals surface area contributed by atoms with Crippen LogP contribution in [0.4, 0.5) is 0 Å². The molecular formula is C4H2OS2. The second-order valence-corrected chi connectivity index (χ2v) is 1.88. The third-order valence-corrected chi connectivity index (χ3v) is 0.996. The van der Waals surface area contributed by atoms with Gasteiger partial charge in [-0.3, -0.25) is 0 Å². The van der Waals surface area contributed by atoms with E-state index in [1.807, 2.05) is 0 Å². The summed E-state index contributed by atoms with van der Waals surface area (Å²) < 4.78 is 4.71. The van der Waals surface area contributed by atoms with Gasteiger partial charge in [0.1, 0.15) is 0 Å². The summed E-state index contributed by atoms with van der Waals surface area (Å²) in [4.78, 5) is 0. The number of hydrogen-bond acceptors (Lipinski definition) is 3. The maximum atomic E-state index is 4.71. The lowest BCUT2D eigenvalue weighted by Crippen LogP contribution is -1.91. The zero-order valence-electron chi connectivity index (χ0n) is 3.38. The first-order chi connectivity index (χ1) is 3.29. The van der Waals surface area contributed by atoms with Crippen LogP contribution in [-0.2, 0) is 4.74 Å². The van der Waals surface area contributed by atoms with Crippen molar-refractivity contribution in [1.29, 1.82) is 0 Å². The van der Waals surface area contributed by atoms with Gasteiger partial charge in [0, 0.05) is 0 Å². The second kappa shape index (κ2) is 1.68. The van der Waals surface area contributed by atoms with Gasteiger partial charge in [0.05, 0.1) is 0 Å². The fraction of sp³-hybridized carbons (Fsp3) is 0. The van der Waals surface area contributed by atoms with Crippen molar-refractivity contribution in [2.24, 2.45) is 0 Å². The van der Waals surface area contributed by atoms with Crippen LogP contribution in [0.15, 0.2) is 12.2 Å². The Balaban J connectivity index is 2.76. The van der Waals surface area contributed by atoms with Crippen molar-refractivity contribution >= 4 is 34.5 Å². The van der Waals surface area contributed by atoms with E-state index in [0.717, 1.165) is 0 Å². The summed E-state index contributed by atoms with van der Waals surface area (Å²) in [5.41, 5.74) is 0. The Morgan fingerprint density at radius 3 is 1.71 bits per heavy atom. The van der Waals surface area contributed by atoms with Crippen molar-refractivity contribution in [3.05, 3.63) is 12.2 Å². The highest BCUT2D eigenvalue weighted by Gasteiger charge is 2.02. The van der Waals surface area contributed by atoms with Crippen molar-refractivity contribution < 1.29 is 4.74 Å². The molecule has 0 aliphatic carbocycles. The van der Waals surface area contributed by atoms with Gasteiger partial charge in [0.15, 0.2) is 10.1 Å². The average Bonchev–Trinajstić information content (AvgIpc) is 1.87. The fourth-order valence-corrected chi connectivity index (χ4v) is 0.672. The monoisotopic (exact) mass is 130 g/mol. The maximum absolute atomic E-state index is 4.71. The molecule has 1 aliphatic rings. The van der Waals surface area contributed by atoms with Crippen molar-refractivity contribution in [2.75, 3.05) is 0 Å². The number of thiocarbonyl (C=S) groups is 2. The predicted octanol–water partition coefficient (Wildman–Crippen LogP) is 1.23. The molecule has 0 saturated heterocycles. The second-order valence-electron chi connectivity index (χ2n) is 1.07. The molecule has 0 aromatic heterocycles. The molecule has 1 nitrogen and oxygen atoms in total. The van der Waals surface area contributed by atoms with Crippen LogP contribution in [0.5, 0.6) is 0 Å². The Labute approximate surface area is 52.0 Å². The molecule has 0 bridgehead atoms. The van der Waals surface area contributed by atoms with E-state index in [2.05, 4.69) is 24.4 Å². The topological polar surface area (TPSA) is 9.23 Å². The Kier molecular flexibility index (Phi) is 1.17. The molecule has 0 fully saturated rings. The minimum atomic E-state index is 0.463. The predicted molar refractivity (Wildman–Crippen MR) is 35.4 cm³/mol. The average molecular weight is 130 g/mol. The van der Waals surface area contributed by atoms with Crippen LogP contribution in [-0.4, -0.2) is 10.1 Å². The van der Waals surface area contributed by atoms with Gasteiger partial charge < -0.3 is 4.74 Å². The van der Waals surface area contributed by atoms with E-state index < -0.39 is 0 Å². The van der Waals surface area contributed by atoms with Gasteiger partial charge in [0.2, 0.25) is 0 Å². The minimum absolute atomic E-state index is 0.463. The molecule has 7 heavy (non-hydrogen) atoms. The molecule has 0 aromatic carbocycles. The van der Waals surface area contributed by atoms with Crippen molar-refractivity contribution in [3.8, 4) is 0 Å². The first-order valence-electron chi connectivity index (χ1n) is 1.73. The van der Waals surface area contributed by atoms with E-state index >= 15 is 0 Å². The van der Waals surface area contributed by atoms with E-state index in [0.29, 0.717) is 10.1 Å². The molecule has 0 amide bonds. The van der Waals surface area contributed by atoms with Gasteiger partial charge in [-0.25, -0.2) is 0 Å². The van der Waals surface area contributed by atoms with Crippen LogP contribution in [0.2, 0.25) is 0 Å². The molecule has 1 heterocycles. The molecule has 1 aliphatic heterocycles. The number of ether oxygens (including phenoxy) is 1. The highest BCUT2D eigenvalue weighted by Crippen LogP contribution is 1.98. The Morgan fingerprint density at radius 2 is 1.57 bits per heavy atom. The van der Waals surface area contributed by atoms with Crippen LogP contribution in [0.3, 0.4) is 0 Å². The summed E-state index contributed by atoms with van der Waals surface area (Å²) in [6, 6.07) is 0. The normalized spacial score (nSPS) is 17.7. The van der Waals surface area contributed by atoms with E-state index in [-0.39, 0.29) is 0 Å². The summed E-state index contributed by atoms with van der Waals surface area (Å²) in [6.45, 7) is 0. The lowest BCUT2D eigenvalue weighted by Gasteiger charge is -1.87. The first kappa shape index (κ1) is 4.87. The van der Waals surface area contributed by atoms with Crippen molar-refractivity contribution in [3.63, 3.8) is 0 Å². The van der Waals surface area contributed by atoms with Crippen LogP contribution in [0, 0.1) is 0 Å². The molecule has 0 aromatic rings. The highest BCUT2D eigenvalue weighted by molar-refractivity contribution is 7.82. The molecule has 0 N–H and O–H groups in total. The SMILES string of the molecule is S=C1C=CC(=S)O1. The van der Waals surface area contributed by atoms with Crippen LogP contribution in [0.1, 0.15) is 0 Å². The maximum Gasteiger partial charge on any atom is 0.192 e. The van der Waals surface area contributed by atoms with Crippen molar-refractivity contribution in [1.82, 2.24) is 0 Å². The van der Waals surface area contributed by atoms with Gasteiger partial charge in [-0.15, -0.1) is 0 Å². The zero-order valence-corrected chi connectivity index (χ0v) is 5.01. The largest absolute Gasteiger partial charge is 0.434 e. The standard InChI is InChI=1S/C4H2OS2/c6-3-1-2-4(7)5-3/h1-2H. The Bertz CT molecular complexity index is 132. The van der Waals surface area contributed by atoms with E-state index in [1.165, 1.54) is 0 Å². The molecule has 1 rings (SSSR count). The van der Waals surface area contributed by atoms with Gasteiger partial charge >= 0.3 is 0 Å². The smallest absolute Gasteiger partial charge is 0.192 e. The number of hydrogen-bond donors (Lipinski definition) is 0. The van der Waals surface area contributed by atoms with Crippen LogP contribution in [0.25, 0.3) is 0 Å². The van der Waals surface area contributed by atoms with Crippen molar-refractivity contribution in [2.45, 2.75) is 0 Å². The fourth-order valence-electron chi connectivity index (χ4n) is 0.303. The minimum Gasteiger partial charge on any atom is -0.434 e. The molecule has 0 spiro atoms. The molecule has 36 valence electrons. The van der Waals surface area contributed by atoms with Crippen LogP contribution >= 0.6 is 24.4 Å². The Morgan fingerprint density at radius 1 is 1.14 bits per heavy atom.